The Morgan fingerprint density at radius 3 is 1.77 bits per heavy atom. The van der Waals surface area contributed by atoms with E-state index in [1.165, 1.54) is 59.2 Å². The van der Waals surface area contributed by atoms with Crippen LogP contribution in [0.5, 0.6) is 11.5 Å². The standard InChI is InChI=1S/C19H22Cl2N2O6S2/c1-13-12-22(30(24,25)18-10-14(20)4-6-16(18)28-2)8-9-23(13)31(26,27)19-11-15(21)5-7-17(19)29-3/h4-7,10-11,13H,8-9,12H2,1-3H3/t13-/m0/s1. The summed E-state index contributed by atoms with van der Waals surface area (Å²) in [6.07, 6.45) is 0. The highest BCUT2D eigenvalue weighted by molar-refractivity contribution is 7.89. The van der Waals surface area contributed by atoms with Crippen molar-refractivity contribution in [3.05, 3.63) is 46.4 Å². The minimum atomic E-state index is -3.97. The zero-order chi connectivity index (χ0) is 23.0. The van der Waals surface area contributed by atoms with E-state index in [-0.39, 0.29) is 51.0 Å². The lowest BCUT2D eigenvalue weighted by Crippen LogP contribution is -2.55. The fourth-order valence-electron chi connectivity index (χ4n) is 3.45. The number of piperazine rings is 1. The molecule has 1 heterocycles. The number of rotatable bonds is 6. The van der Waals surface area contributed by atoms with E-state index in [0.717, 1.165) is 0 Å². The Labute approximate surface area is 192 Å². The molecule has 31 heavy (non-hydrogen) atoms. The van der Waals surface area contributed by atoms with Gasteiger partial charge in [0.05, 0.1) is 14.2 Å². The summed E-state index contributed by atoms with van der Waals surface area (Å²) in [6.45, 7) is 1.53. The molecule has 0 radical (unpaired) electrons. The minimum absolute atomic E-state index is 0.0372. The van der Waals surface area contributed by atoms with Gasteiger partial charge in [0, 0.05) is 35.7 Å². The molecule has 0 unspecified atom stereocenters. The van der Waals surface area contributed by atoms with Gasteiger partial charge in [-0.05, 0) is 43.3 Å². The Balaban J connectivity index is 1.91. The van der Waals surface area contributed by atoms with Gasteiger partial charge in [0.1, 0.15) is 21.3 Å². The van der Waals surface area contributed by atoms with E-state index >= 15 is 0 Å². The van der Waals surface area contributed by atoms with Crippen LogP contribution >= 0.6 is 23.2 Å². The number of halogens is 2. The maximum Gasteiger partial charge on any atom is 0.247 e. The number of benzene rings is 2. The SMILES string of the molecule is COc1ccc(Cl)cc1S(=O)(=O)N1CCN(S(=O)(=O)c2cc(Cl)ccc2OC)[C@@H](C)C1. The van der Waals surface area contributed by atoms with Crippen LogP contribution in [0, 0.1) is 0 Å². The zero-order valence-electron chi connectivity index (χ0n) is 17.1. The third kappa shape index (κ3) is 4.64. The average molecular weight is 509 g/mol. The summed E-state index contributed by atoms with van der Waals surface area (Å²) in [4.78, 5) is -0.135. The lowest BCUT2D eigenvalue weighted by atomic mass is 10.3. The van der Waals surface area contributed by atoms with Crippen molar-refractivity contribution in [1.82, 2.24) is 8.61 Å². The first-order chi connectivity index (χ1) is 14.5. The van der Waals surface area contributed by atoms with Gasteiger partial charge in [-0.3, -0.25) is 0 Å². The first-order valence-electron chi connectivity index (χ1n) is 9.21. The van der Waals surface area contributed by atoms with Crippen molar-refractivity contribution in [3.8, 4) is 11.5 Å². The highest BCUT2D eigenvalue weighted by Gasteiger charge is 2.40. The molecule has 0 amide bonds. The predicted octanol–water partition coefficient (Wildman–Crippen LogP) is 3.09. The third-order valence-corrected chi connectivity index (χ3v) is 9.38. The number of sulfonamides is 2. The third-order valence-electron chi connectivity index (χ3n) is 4.99. The summed E-state index contributed by atoms with van der Waals surface area (Å²) in [5, 5.41) is 0.503. The number of hydrogen-bond acceptors (Lipinski definition) is 6. The quantitative estimate of drug-likeness (QED) is 0.594. The van der Waals surface area contributed by atoms with Crippen molar-refractivity contribution in [1.29, 1.82) is 0 Å². The molecule has 2 aromatic carbocycles. The number of methoxy groups -OCH3 is 2. The monoisotopic (exact) mass is 508 g/mol. The second-order valence-electron chi connectivity index (χ2n) is 6.92. The van der Waals surface area contributed by atoms with Gasteiger partial charge in [-0.1, -0.05) is 23.2 Å². The highest BCUT2D eigenvalue weighted by Crippen LogP contribution is 2.34. The van der Waals surface area contributed by atoms with E-state index in [0.29, 0.717) is 0 Å². The summed E-state index contributed by atoms with van der Waals surface area (Å²) in [5.41, 5.74) is 0. The second-order valence-corrected chi connectivity index (χ2v) is 11.6. The minimum Gasteiger partial charge on any atom is -0.495 e. The summed E-state index contributed by atoms with van der Waals surface area (Å²) >= 11 is 12.0. The molecule has 1 fully saturated rings. The molecule has 0 aromatic heterocycles. The van der Waals surface area contributed by atoms with Crippen molar-refractivity contribution in [2.45, 2.75) is 22.8 Å². The maximum absolute atomic E-state index is 13.3. The summed E-state index contributed by atoms with van der Waals surface area (Å²) in [7, 11) is -5.19. The molecule has 1 saturated heterocycles. The molecule has 1 aliphatic rings. The molecule has 12 heteroatoms. The van der Waals surface area contributed by atoms with Crippen LogP contribution < -0.4 is 9.47 Å². The van der Waals surface area contributed by atoms with Gasteiger partial charge in [0.25, 0.3) is 0 Å². The van der Waals surface area contributed by atoms with Crippen LogP contribution in [-0.4, -0.2) is 65.3 Å². The van der Waals surface area contributed by atoms with Crippen molar-refractivity contribution in [3.63, 3.8) is 0 Å². The van der Waals surface area contributed by atoms with Crippen molar-refractivity contribution >= 4 is 43.2 Å². The first-order valence-corrected chi connectivity index (χ1v) is 12.8. The van der Waals surface area contributed by atoms with E-state index in [9.17, 15) is 16.8 Å². The molecule has 1 aliphatic heterocycles. The van der Waals surface area contributed by atoms with Crippen LogP contribution in [0.4, 0.5) is 0 Å². The first kappa shape index (κ1) is 24.1. The molecule has 3 rings (SSSR count). The number of hydrogen-bond donors (Lipinski definition) is 0. The fourth-order valence-corrected chi connectivity index (χ4v) is 7.42. The molecule has 0 aliphatic carbocycles. The molecular weight excluding hydrogens is 487 g/mol. The molecule has 2 aromatic rings. The molecule has 0 bridgehead atoms. The Hall–Kier alpha value is -1.56. The smallest absolute Gasteiger partial charge is 0.247 e. The van der Waals surface area contributed by atoms with Crippen LogP contribution in [0.25, 0.3) is 0 Å². The molecule has 170 valence electrons. The van der Waals surface area contributed by atoms with Crippen LogP contribution in [0.15, 0.2) is 46.2 Å². The van der Waals surface area contributed by atoms with Crippen LogP contribution in [0.2, 0.25) is 10.0 Å². The summed E-state index contributed by atoms with van der Waals surface area (Å²) in [5.74, 6) is 0.325. The van der Waals surface area contributed by atoms with Crippen molar-refractivity contribution in [2.75, 3.05) is 33.9 Å². The topological polar surface area (TPSA) is 93.2 Å². The van der Waals surface area contributed by atoms with Gasteiger partial charge in [-0.15, -0.1) is 0 Å². The lowest BCUT2D eigenvalue weighted by molar-refractivity contribution is 0.212. The predicted molar refractivity (Wildman–Crippen MR) is 118 cm³/mol. The molecule has 8 nitrogen and oxygen atoms in total. The van der Waals surface area contributed by atoms with Crippen LogP contribution in [0.1, 0.15) is 6.92 Å². The van der Waals surface area contributed by atoms with Gasteiger partial charge in [-0.2, -0.15) is 8.61 Å². The Morgan fingerprint density at radius 2 is 1.32 bits per heavy atom. The van der Waals surface area contributed by atoms with E-state index in [1.807, 2.05) is 0 Å². The van der Waals surface area contributed by atoms with Gasteiger partial charge in [0.2, 0.25) is 20.0 Å². The number of nitrogens with zero attached hydrogens (tertiary/aromatic N) is 2. The summed E-state index contributed by atoms with van der Waals surface area (Å²) < 4.78 is 65.8. The Kier molecular flexibility index (Phi) is 7.09. The Morgan fingerprint density at radius 1 is 0.839 bits per heavy atom. The van der Waals surface area contributed by atoms with Crippen molar-refractivity contribution in [2.24, 2.45) is 0 Å². The van der Waals surface area contributed by atoms with Crippen molar-refractivity contribution < 1.29 is 26.3 Å². The van der Waals surface area contributed by atoms with E-state index < -0.39 is 26.1 Å². The van der Waals surface area contributed by atoms with Gasteiger partial charge in [-0.25, -0.2) is 16.8 Å². The molecule has 0 N–H and O–H groups in total. The lowest BCUT2D eigenvalue weighted by Gasteiger charge is -2.38. The van der Waals surface area contributed by atoms with Gasteiger partial charge < -0.3 is 9.47 Å². The van der Waals surface area contributed by atoms with Crippen LogP contribution in [0.3, 0.4) is 0 Å². The molecule has 0 saturated carbocycles. The normalized spacial score (nSPS) is 18.7. The average Bonchev–Trinajstić information content (AvgIpc) is 2.73. The van der Waals surface area contributed by atoms with Crippen LogP contribution in [-0.2, 0) is 20.0 Å². The van der Waals surface area contributed by atoms with E-state index in [1.54, 1.807) is 6.92 Å². The number of ether oxygens (including phenoxy) is 2. The zero-order valence-corrected chi connectivity index (χ0v) is 20.2. The fraction of sp³-hybridized carbons (Fsp3) is 0.368. The molecular formula is C19H22Cl2N2O6S2. The van der Waals surface area contributed by atoms with Gasteiger partial charge in [0.15, 0.2) is 0 Å². The maximum atomic E-state index is 13.3. The second kappa shape index (κ2) is 9.13. The molecule has 1 atom stereocenters. The summed E-state index contributed by atoms with van der Waals surface area (Å²) in [6, 6.07) is 8.03. The Bertz CT molecular complexity index is 1190. The largest absolute Gasteiger partial charge is 0.495 e. The van der Waals surface area contributed by atoms with E-state index in [2.05, 4.69) is 0 Å². The van der Waals surface area contributed by atoms with Gasteiger partial charge >= 0.3 is 0 Å². The molecule has 0 spiro atoms. The van der Waals surface area contributed by atoms with E-state index in [4.69, 9.17) is 32.7 Å². The highest BCUT2D eigenvalue weighted by atomic mass is 35.5.